The number of ether oxygens (including phenoxy) is 2. The summed E-state index contributed by atoms with van der Waals surface area (Å²) in [7, 11) is 3.60. The highest BCUT2D eigenvalue weighted by atomic mass is 19.1. The second-order valence-electron chi connectivity index (χ2n) is 10.2. The van der Waals surface area contributed by atoms with Gasteiger partial charge in [-0.2, -0.15) is 4.98 Å². The molecule has 0 radical (unpaired) electrons. The summed E-state index contributed by atoms with van der Waals surface area (Å²) >= 11 is 0. The Balaban J connectivity index is 1.18. The molecule has 2 aliphatic heterocycles. The third kappa shape index (κ3) is 6.10. The molecular formula is C25H34FN9O4. The molecule has 39 heavy (non-hydrogen) atoms. The molecule has 13 nitrogen and oxygen atoms in total. The van der Waals surface area contributed by atoms with Crippen molar-refractivity contribution < 1.29 is 23.5 Å². The van der Waals surface area contributed by atoms with Gasteiger partial charge in [0.2, 0.25) is 17.7 Å². The standard InChI is InChI=1S/C25H34FN9O4/c1-4-38-22-12-28-20(11-29-22)31-24(36)34(3)19-14-35(8-6-16(19)26)23-27-7-5-21(32-23)39-25(37)30-17-9-15-10-18(17)33(2)13-15/h5,7,11-12,15-19H,4,6,8-10,13-14H2,1-3H3,(H,30,37)(H,28,31,36)/t15-,16+,17-,18+,19-/m0/s1. The third-order valence-electron chi connectivity index (χ3n) is 7.61. The normalized spacial score (nSPS) is 26.3. The van der Waals surface area contributed by atoms with Crippen LogP contribution in [0.4, 0.5) is 25.7 Å². The summed E-state index contributed by atoms with van der Waals surface area (Å²) in [6, 6.07) is 0.608. The van der Waals surface area contributed by atoms with Gasteiger partial charge >= 0.3 is 12.1 Å². The average molecular weight is 544 g/mol. The molecule has 2 saturated heterocycles. The van der Waals surface area contributed by atoms with Crippen LogP contribution in [0.5, 0.6) is 11.8 Å². The number of anilines is 2. The molecule has 3 amide bonds. The topological polar surface area (TPSA) is 138 Å². The molecule has 2 aromatic rings. The molecule has 2 aromatic heterocycles. The number of likely N-dealkylation sites (N-methyl/N-ethyl adjacent to an activating group) is 2. The minimum atomic E-state index is -1.24. The van der Waals surface area contributed by atoms with Crippen LogP contribution in [0.2, 0.25) is 0 Å². The van der Waals surface area contributed by atoms with Gasteiger partial charge in [0, 0.05) is 51.0 Å². The largest absolute Gasteiger partial charge is 0.477 e. The predicted octanol–water partition coefficient (Wildman–Crippen LogP) is 1.93. The number of hydrogen-bond acceptors (Lipinski definition) is 10. The zero-order valence-electron chi connectivity index (χ0n) is 22.3. The van der Waals surface area contributed by atoms with Crippen LogP contribution in [-0.2, 0) is 0 Å². The first kappa shape index (κ1) is 26.8. The van der Waals surface area contributed by atoms with Gasteiger partial charge in [-0.3, -0.25) is 5.32 Å². The van der Waals surface area contributed by atoms with E-state index in [1.165, 1.54) is 36.6 Å². The van der Waals surface area contributed by atoms with E-state index < -0.39 is 24.3 Å². The fourth-order valence-electron chi connectivity index (χ4n) is 5.67. The Bertz CT molecular complexity index is 1170. The second kappa shape index (κ2) is 11.5. The summed E-state index contributed by atoms with van der Waals surface area (Å²) in [5.74, 6) is 1.58. The van der Waals surface area contributed by atoms with Gasteiger partial charge in [0.05, 0.1) is 25.0 Å². The van der Waals surface area contributed by atoms with E-state index in [9.17, 15) is 14.0 Å². The number of hydrogen-bond donors (Lipinski definition) is 2. The lowest BCUT2D eigenvalue weighted by Crippen LogP contribution is -2.55. The molecule has 1 aliphatic carbocycles. The van der Waals surface area contributed by atoms with Crippen molar-refractivity contribution in [3.05, 3.63) is 24.7 Å². The maximum atomic E-state index is 14.9. The van der Waals surface area contributed by atoms with Crippen molar-refractivity contribution in [3.8, 4) is 11.8 Å². The molecule has 0 aromatic carbocycles. The van der Waals surface area contributed by atoms with Crippen LogP contribution < -0.4 is 25.0 Å². The minimum absolute atomic E-state index is 0.0576. The molecule has 210 valence electrons. The van der Waals surface area contributed by atoms with Crippen molar-refractivity contribution in [3.63, 3.8) is 0 Å². The Kier molecular flexibility index (Phi) is 7.91. The van der Waals surface area contributed by atoms with Crippen LogP contribution in [0.25, 0.3) is 0 Å². The molecule has 0 unspecified atom stereocenters. The zero-order chi connectivity index (χ0) is 27.5. The molecule has 4 heterocycles. The highest BCUT2D eigenvalue weighted by Gasteiger charge is 2.44. The molecule has 3 aliphatic rings. The number of amides is 3. The maximum absolute atomic E-state index is 14.9. The van der Waals surface area contributed by atoms with Crippen molar-refractivity contribution in [2.75, 3.05) is 50.6 Å². The Morgan fingerprint density at radius 1 is 1.18 bits per heavy atom. The van der Waals surface area contributed by atoms with E-state index >= 15 is 0 Å². The number of alkyl halides is 1. The number of halogens is 1. The summed E-state index contributed by atoms with van der Waals surface area (Å²) in [5.41, 5.74) is 0. The maximum Gasteiger partial charge on any atom is 0.414 e. The summed E-state index contributed by atoms with van der Waals surface area (Å²) in [6.07, 6.45) is 4.69. The van der Waals surface area contributed by atoms with Gasteiger partial charge in [0.15, 0.2) is 5.82 Å². The van der Waals surface area contributed by atoms with E-state index in [0.29, 0.717) is 36.9 Å². The Hall–Kier alpha value is -3.81. The molecule has 0 spiro atoms. The van der Waals surface area contributed by atoms with E-state index in [1.54, 1.807) is 4.90 Å². The lowest BCUT2D eigenvalue weighted by molar-refractivity contribution is 0.133. The van der Waals surface area contributed by atoms with Crippen LogP contribution in [0.15, 0.2) is 24.7 Å². The molecule has 14 heteroatoms. The van der Waals surface area contributed by atoms with Crippen LogP contribution >= 0.6 is 0 Å². The second-order valence-corrected chi connectivity index (χ2v) is 10.2. The number of fused-ring (bicyclic) bond motifs is 2. The van der Waals surface area contributed by atoms with Crippen molar-refractivity contribution in [1.29, 1.82) is 0 Å². The molecule has 5 rings (SSSR count). The summed E-state index contributed by atoms with van der Waals surface area (Å²) in [4.78, 5) is 47.6. The quantitative estimate of drug-likeness (QED) is 0.533. The number of rotatable bonds is 7. The van der Waals surface area contributed by atoms with Crippen molar-refractivity contribution in [1.82, 2.24) is 35.1 Å². The fraction of sp³-hybridized carbons (Fsp3) is 0.600. The van der Waals surface area contributed by atoms with Gasteiger partial charge in [0.25, 0.3) is 0 Å². The van der Waals surface area contributed by atoms with Crippen LogP contribution in [0.1, 0.15) is 26.2 Å². The number of piperidine rings is 2. The number of likely N-dealkylation sites (tertiary alicyclic amines) is 1. The smallest absolute Gasteiger partial charge is 0.414 e. The van der Waals surface area contributed by atoms with Gasteiger partial charge < -0.3 is 29.5 Å². The lowest BCUT2D eigenvalue weighted by atomic mass is 10.0. The number of urea groups is 1. The van der Waals surface area contributed by atoms with Gasteiger partial charge in [-0.05, 0) is 39.2 Å². The highest BCUT2D eigenvalue weighted by Crippen LogP contribution is 2.36. The number of carbonyl (C=O) groups excluding carboxylic acids is 2. The van der Waals surface area contributed by atoms with Gasteiger partial charge in [-0.15, -0.1) is 0 Å². The minimum Gasteiger partial charge on any atom is -0.477 e. The average Bonchev–Trinajstić information content (AvgIpc) is 3.49. The predicted molar refractivity (Wildman–Crippen MR) is 140 cm³/mol. The van der Waals surface area contributed by atoms with Crippen LogP contribution in [0.3, 0.4) is 0 Å². The van der Waals surface area contributed by atoms with Gasteiger partial charge in [-0.25, -0.2) is 28.9 Å². The first-order chi connectivity index (χ1) is 18.8. The molecule has 5 atom stereocenters. The summed E-state index contributed by atoms with van der Waals surface area (Å²) < 4.78 is 25.7. The number of carbonyl (C=O) groups is 2. The van der Waals surface area contributed by atoms with Crippen LogP contribution in [0, 0.1) is 5.92 Å². The lowest BCUT2D eigenvalue weighted by Gasteiger charge is -2.39. The first-order valence-electron chi connectivity index (χ1n) is 13.2. The monoisotopic (exact) mass is 543 g/mol. The fourth-order valence-corrected chi connectivity index (χ4v) is 5.67. The Labute approximate surface area is 226 Å². The summed E-state index contributed by atoms with van der Waals surface area (Å²) in [6.45, 7) is 3.86. The SMILES string of the molecule is CCOc1cnc(NC(=O)N(C)[C@H]2CN(c3nccc(OC(=O)N[C@H]4C[C@H]5C[C@H]4N(C)C5)n3)CC[C@H]2F)cn1. The van der Waals surface area contributed by atoms with Gasteiger partial charge in [-0.1, -0.05) is 0 Å². The molecule has 2 N–H and O–H groups in total. The number of nitrogens with zero attached hydrogens (tertiary/aromatic N) is 7. The van der Waals surface area contributed by atoms with E-state index in [-0.39, 0.29) is 30.7 Å². The zero-order valence-corrected chi connectivity index (χ0v) is 22.3. The van der Waals surface area contributed by atoms with E-state index in [0.717, 1.165) is 19.4 Å². The molecule has 2 bridgehead atoms. The van der Waals surface area contributed by atoms with E-state index in [1.807, 2.05) is 6.92 Å². The third-order valence-corrected chi connectivity index (χ3v) is 7.61. The van der Waals surface area contributed by atoms with Crippen molar-refractivity contribution in [2.24, 2.45) is 5.92 Å². The van der Waals surface area contributed by atoms with E-state index in [2.05, 4.69) is 42.5 Å². The van der Waals surface area contributed by atoms with Crippen LogP contribution in [-0.4, -0.2) is 106 Å². The number of aromatic nitrogens is 4. The number of nitrogens with one attached hydrogen (secondary N) is 2. The Morgan fingerprint density at radius 3 is 2.74 bits per heavy atom. The van der Waals surface area contributed by atoms with Crippen molar-refractivity contribution >= 4 is 23.9 Å². The van der Waals surface area contributed by atoms with E-state index in [4.69, 9.17) is 9.47 Å². The molecular weight excluding hydrogens is 509 g/mol. The summed E-state index contributed by atoms with van der Waals surface area (Å²) in [5, 5.41) is 5.59. The highest BCUT2D eigenvalue weighted by molar-refractivity contribution is 5.88. The molecule has 1 saturated carbocycles. The van der Waals surface area contributed by atoms with Gasteiger partial charge in [0.1, 0.15) is 6.17 Å². The Morgan fingerprint density at radius 2 is 2.03 bits per heavy atom. The first-order valence-corrected chi connectivity index (χ1v) is 13.2. The van der Waals surface area contributed by atoms with Crippen molar-refractivity contribution in [2.45, 2.75) is 50.5 Å². The molecule has 3 fully saturated rings.